The Kier molecular flexibility index (Phi) is 9.92. The fraction of sp³-hybridized carbons (Fsp3) is 0.605. The van der Waals surface area contributed by atoms with E-state index in [1.807, 2.05) is 67.6 Å². The van der Waals surface area contributed by atoms with Gasteiger partial charge in [0.2, 0.25) is 11.7 Å². The van der Waals surface area contributed by atoms with E-state index in [-0.39, 0.29) is 43.7 Å². The molecule has 12 nitrogen and oxygen atoms in total. The zero-order valence-electron chi connectivity index (χ0n) is 29.2. The largest absolute Gasteiger partial charge is 0.467 e. The van der Waals surface area contributed by atoms with Crippen LogP contribution in [0, 0.1) is 23.7 Å². The van der Waals surface area contributed by atoms with Gasteiger partial charge in [0, 0.05) is 31.1 Å². The van der Waals surface area contributed by atoms with Gasteiger partial charge in [0.25, 0.3) is 0 Å². The Morgan fingerprint density at radius 3 is 2.40 bits per heavy atom. The van der Waals surface area contributed by atoms with Crippen LogP contribution in [-0.4, -0.2) is 78.7 Å². The smallest absolute Gasteiger partial charge is 0.410 e. The van der Waals surface area contributed by atoms with Crippen molar-refractivity contribution in [2.75, 3.05) is 13.7 Å². The zero-order valence-corrected chi connectivity index (χ0v) is 29.2. The van der Waals surface area contributed by atoms with Gasteiger partial charge in [0.15, 0.2) is 18.2 Å². The number of nitrogens with zero attached hydrogens (tertiary/aromatic N) is 1. The van der Waals surface area contributed by atoms with Crippen molar-refractivity contribution in [2.45, 2.75) is 108 Å². The Bertz CT molecular complexity index is 1530. The number of ether oxygens (including phenoxy) is 5. The van der Waals surface area contributed by atoms with Crippen LogP contribution in [0.4, 0.5) is 4.79 Å². The first-order valence-electron chi connectivity index (χ1n) is 17.8. The summed E-state index contributed by atoms with van der Waals surface area (Å²) < 4.78 is 30.5. The standard InChI is InChI=1S/C38H48N2O10/c1-23-15-16-29-24(2)34(47-35-38(29)28(23)17-18-37(3,48-35)49-50-38)46-27-20-31(40(21-27)36(43)45-22-26-13-9-6-10-14-26)32(41)39-30(33(42)44-4)19-25-11-7-5-8-12-25/h5-14,23-24,27-31,34-35H,15-22H2,1-4H3,(H,39,41)/t23-,24-,27-,28+,29+,30+,31+,34+,35-,37-,38-/m1/s1. The third-order valence-electron chi connectivity index (χ3n) is 11.5. The summed E-state index contributed by atoms with van der Waals surface area (Å²) in [5.41, 5.74) is 0.937. The summed E-state index contributed by atoms with van der Waals surface area (Å²) in [5.74, 6) is -1.39. The summed E-state index contributed by atoms with van der Waals surface area (Å²) in [6, 6.07) is 16.8. The third-order valence-corrected chi connectivity index (χ3v) is 11.5. The Morgan fingerprint density at radius 2 is 1.68 bits per heavy atom. The first kappa shape index (κ1) is 34.9. The molecule has 270 valence electrons. The van der Waals surface area contributed by atoms with Crippen molar-refractivity contribution in [3.8, 4) is 0 Å². The molecule has 6 fully saturated rings. The van der Waals surface area contributed by atoms with E-state index in [1.165, 1.54) is 12.0 Å². The maximum Gasteiger partial charge on any atom is 0.410 e. The minimum absolute atomic E-state index is 0.0425. The van der Waals surface area contributed by atoms with Crippen molar-refractivity contribution in [1.82, 2.24) is 10.2 Å². The van der Waals surface area contributed by atoms with Crippen LogP contribution in [-0.2, 0) is 56.1 Å². The topological polar surface area (TPSA) is 131 Å². The molecule has 2 aromatic rings. The van der Waals surface area contributed by atoms with E-state index >= 15 is 0 Å². The molecule has 5 saturated heterocycles. The number of hydrogen-bond acceptors (Lipinski definition) is 10. The number of likely N-dealkylation sites (tertiary alicyclic amines) is 1. The lowest BCUT2D eigenvalue weighted by Crippen LogP contribution is -2.70. The number of rotatable bonds is 9. The van der Waals surface area contributed by atoms with Crippen molar-refractivity contribution in [3.05, 3.63) is 71.8 Å². The van der Waals surface area contributed by atoms with Gasteiger partial charge < -0.3 is 29.0 Å². The molecular formula is C38H48N2O10. The lowest BCUT2D eigenvalue weighted by atomic mass is 9.58. The van der Waals surface area contributed by atoms with Crippen LogP contribution in [0.1, 0.15) is 64.0 Å². The summed E-state index contributed by atoms with van der Waals surface area (Å²) in [7, 11) is 1.28. The first-order valence-corrected chi connectivity index (χ1v) is 17.8. The molecule has 5 aliphatic heterocycles. The van der Waals surface area contributed by atoms with Gasteiger partial charge >= 0.3 is 12.1 Å². The molecule has 0 radical (unpaired) electrons. The number of carbonyl (C=O) groups is 3. The lowest BCUT2D eigenvalue weighted by molar-refractivity contribution is -0.578. The van der Waals surface area contributed by atoms with E-state index in [2.05, 4.69) is 19.2 Å². The highest BCUT2D eigenvalue weighted by Gasteiger charge is 2.69. The second kappa shape index (κ2) is 14.2. The van der Waals surface area contributed by atoms with Crippen LogP contribution in [0.2, 0.25) is 0 Å². The van der Waals surface area contributed by atoms with E-state index in [1.54, 1.807) is 0 Å². The molecule has 0 unspecified atom stereocenters. The van der Waals surface area contributed by atoms with Crippen LogP contribution >= 0.6 is 0 Å². The SMILES string of the molecule is COC(=O)[C@H](Cc1ccccc1)NC(=O)[C@@H]1C[C@@H](O[C@H]2O[C@@H]3O[C@@]4(C)CC[C@H]5[C@H](C)CC[C@@H]([C@H]2C)[C@@]35OO4)CN1C(=O)OCc1ccccc1. The number of methoxy groups -OCH3 is 1. The van der Waals surface area contributed by atoms with Crippen molar-refractivity contribution < 1.29 is 47.8 Å². The highest BCUT2D eigenvalue weighted by molar-refractivity contribution is 5.90. The number of benzene rings is 2. The molecular weight excluding hydrogens is 644 g/mol. The minimum atomic E-state index is -0.961. The Balaban J connectivity index is 1.10. The van der Waals surface area contributed by atoms with Gasteiger partial charge in [-0.15, -0.1) is 0 Å². The fourth-order valence-electron chi connectivity index (χ4n) is 8.82. The average molecular weight is 693 g/mol. The number of nitrogens with one attached hydrogen (secondary N) is 1. The maximum absolute atomic E-state index is 14.0. The number of carbonyl (C=O) groups excluding carboxylic acids is 3. The number of esters is 1. The van der Waals surface area contributed by atoms with Gasteiger partial charge in [-0.1, -0.05) is 74.5 Å². The van der Waals surface area contributed by atoms with Crippen molar-refractivity contribution in [1.29, 1.82) is 0 Å². The van der Waals surface area contributed by atoms with E-state index in [0.717, 1.165) is 30.4 Å². The Hall–Kier alpha value is -3.55. The fourth-order valence-corrected chi connectivity index (χ4v) is 8.82. The molecule has 1 N–H and O–H groups in total. The predicted molar refractivity (Wildman–Crippen MR) is 178 cm³/mol. The second-order valence-electron chi connectivity index (χ2n) is 14.7. The third kappa shape index (κ3) is 6.64. The summed E-state index contributed by atoms with van der Waals surface area (Å²) in [6.45, 7) is 6.39. The molecule has 50 heavy (non-hydrogen) atoms. The number of hydrogen-bond donors (Lipinski definition) is 1. The first-order chi connectivity index (χ1) is 24.1. The van der Waals surface area contributed by atoms with E-state index in [9.17, 15) is 14.4 Å². The number of amides is 2. The average Bonchev–Trinajstić information content (AvgIpc) is 3.42. The molecule has 1 spiro atoms. The maximum atomic E-state index is 14.0. The van der Waals surface area contributed by atoms with Crippen molar-refractivity contribution >= 4 is 18.0 Å². The van der Waals surface area contributed by atoms with E-state index in [4.69, 9.17) is 33.5 Å². The van der Waals surface area contributed by atoms with Gasteiger partial charge in [0.05, 0.1) is 19.8 Å². The molecule has 2 bridgehead atoms. The summed E-state index contributed by atoms with van der Waals surface area (Å²) in [5, 5.41) is 2.85. The number of fused-ring (bicyclic) bond motifs is 2. The summed E-state index contributed by atoms with van der Waals surface area (Å²) >= 11 is 0. The molecule has 5 heterocycles. The van der Waals surface area contributed by atoms with Crippen LogP contribution in [0.5, 0.6) is 0 Å². The molecule has 2 aromatic carbocycles. The molecule has 6 aliphatic rings. The Morgan fingerprint density at radius 1 is 0.960 bits per heavy atom. The van der Waals surface area contributed by atoms with Crippen LogP contribution in [0.15, 0.2) is 60.7 Å². The van der Waals surface area contributed by atoms with Crippen LogP contribution in [0.25, 0.3) is 0 Å². The van der Waals surface area contributed by atoms with Crippen LogP contribution in [0.3, 0.4) is 0 Å². The molecule has 1 aliphatic carbocycles. The molecule has 11 atom stereocenters. The summed E-state index contributed by atoms with van der Waals surface area (Å²) in [6.07, 6.45) is 1.42. The Labute approximate surface area is 292 Å². The van der Waals surface area contributed by atoms with Gasteiger partial charge in [-0.05, 0) is 49.1 Å². The quantitative estimate of drug-likeness (QED) is 0.286. The second-order valence-corrected chi connectivity index (χ2v) is 14.7. The van der Waals surface area contributed by atoms with E-state index in [0.29, 0.717) is 12.3 Å². The van der Waals surface area contributed by atoms with E-state index < -0.39 is 60.1 Å². The zero-order chi connectivity index (χ0) is 35.0. The molecule has 8 rings (SSSR count). The van der Waals surface area contributed by atoms with Gasteiger partial charge in [-0.2, -0.15) is 0 Å². The molecule has 2 amide bonds. The van der Waals surface area contributed by atoms with Crippen molar-refractivity contribution in [2.24, 2.45) is 23.7 Å². The van der Waals surface area contributed by atoms with Crippen molar-refractivity contribution in [3.63, 3.8) is 0 Å². The van der Waals surface area contributed by atoms with Gasteiger partial charge in [-0.3, -0.25) is 9.69 Å². The normalized spacial score (nSPS) is 36.5. The summed E-state index contributed by atoms with van der Waals surface area (Å²) in [4.78, 5) is 54.0. The monoisotopic (exact) mass is 692 g/mol. The highest BCUT2D eigenvalue weighted by atomic mass is 17.3. The van der Waals surface area contributed by atoms with Crippen LogP contribution < -0.4 is 5.32 Å². The highest BCUT2D eigenvalue weighted by Crippen LogP contribution is 2.60. The predicted octanol–water partition coefficient (Wildman–Crippen LogP) is 4.89. The minimum Gasteiger partial charge on any atom is -0.467 e. The molecule has 1 saturated carbocycles. The molecule has 0 aromatic heterocycles. The lowest BCUT2D eigenvalue weighted by Gasteiger charge is -2.60. The molecule has 12 heteroatoms. The van der Waals surface area contributed by atoms with Gasteiger partial charge in [-0.25, -0.2) is 19.4 Å². The van der Waals surface area contributed by atoms with Gasteiger partial charge in [0.1, 0.15) is 18.7 Å².